The number of carbonyl (C=O) groups excluding carboxylic acids is 2. The molecule has 5 atom stereocenters. The van der Waals surface area contributed by atoms with Crippen LogP contribution in [-0.4, -0.2) is 87.8 Å². The van der Waals surface area contributed by atoms with E-state index >= 15 is 0 Å². The summed E-state index contributed by atoms with van der Waals surface area (Å²) in [5, 5.41) is 13.6. The highest BCUT2D eigenvalue weighted by atomic mass is 35.6. The SMILES string of the molecule is C=CCO[C@H]1O[C@H](COCOCc2ccccc2)[C@@H](O)[C@H](OC(=O)OC(C)(C)C(Cl)(Cl)Cl)[C@H]1NC(=O)OCC(Cl)(Cl)Cl. The van der Waals surface area contributed by atoms with Crippen molar-refractivity contribution >= 4 is 81.9 Å². The van der Waals surface area contributed by atoms with Crippen molar-refractivity contribution in [3.8, 4) is 0 Å². The molecule has 0 spiro atoms. The van der Waals surface area contributed by atoms with E-state index in [-0.39, 0.29) is 26.6 Å². The lowest BCUT2D eigenvalue weighted by molar-refractivity contribution is -0.274. The van der Waals surface area contributed by atoms with Crippen LogP contribution in [0.2, 0.25) is 0 Å². The first-order valence-corrected chi connectivity index (χ1v) is 14.5. The van der Waals surface area contributed by atoms with Crippen LogP contribution in [0.25, 0.3) is 0 Å². The number of carbonyl (C=O) groups is 2. The van der Waals surface area contributed by atoms with Crippen molar-refractivity contribution in [1.29, 1.82) is 0 Å². The summed E-state index contributed by atoms with van der Waals surface area (Å²) in [6, 6.07) is 8.00. The van der Waals surface area contributed by atoms with Crippen molar-refractivity contribution in [3.63, 3.8) is 0 Å². The van der Waals surface area contributed by atoms with Gasteiger partial charge >= 0.3 is 12.2 Å². The zero-order valence-corrected chi connectivity index (χ0v) is 27.0. The number of alkyl halides is 6. The fraction of sp³-hybridized carbons (Fsp3) is 0.600. The van der Waals surface area contributed by atoms with Crippen LogP contribution < -0.4 is 5.32 Å². The summed E-state index contributed by atoms with van der Waals surface area (Å²) >= 11 is 34.6. The number of hydrogen-bond acceptors (Lipinski definition) is 10. The number of aliphatic hydroxyl groups excluding tert-OH is 1. The van der Waals surface area contributed by atoms with E-state index in [1.54, 1.807) is 0 Å². The molecule has 2 rings (SSSR count). The van der Waals surface area contributed by atoms with Crippen LogP contribution in [0.1, 0.15) is 19.4 Å². The van der Waals surface area contributed by atoms with E-state index in [4.69, 9.17) is 103 Å². The van der Waals surface area contributed by atoms with Gasteiger partial charge in [-0.1, -0.05) is 106 Å². The summed E-state index contributed by atoms with van der Waals surface area (Å²) in [6.45, 7) is 5.43. The van der Waals surface area contributed by atoms with Crippen LogP contribution in [0.4, 0.5) is 9.59 Å². The Bertz CT molecular complexity index is 1010. The molecule has 238 valence electrons. The third-order valence-electron chi connectivity index (χ3n) is 5.52. The van der Waals surface area contributed by atoms with Gasteiger partial charge in [0.15, 0.2) is 18.0 Å². The van der Waals surface area contributed by atoms with E-state index in [2.05, 4.69) is 11.9 Å². The van der Waals surface area contributed by atoms with Gasteiger partial charge in [0.25, 0.3) is 0 Å². The van der Waals surface area contributed by atoms with Gasteiger partial charge in [-0.25, -0.2) is 9.59 Å². The molecule has 11 nitrogen and oxygen atoms in total. The lowest BCUT2D eigenvalue weighted by Crippen LogP contribution is -2.66. The number of rotatable bonds is 13. The first-order valence-electron chi connectivity index (χ1n) is 12.3. The predicted octanol–water partition coefficient (Wildman–Crippen LogP) is 5.60. The first-order chi connectivity index (χ1) is 19.5. The highest BCUT2D eigenvalue weighted by Crippen LogP contribution is 2.40. The third kappa shape index (κ3) is 12.6. The maximum absolute atomic E-state index is 12.8. The monoisotopic (exact) mass is 715 g/mol. The molecule has 1 fully saturated rings. The Hall–Kier alpha value is -0.960. The van der Waals surface area contributed by atoms with Crippen LogP contribution in [0, 0.1) is 0 Å². The Morgan fingerprint density at radius 1 is 1.10 bits per heavy atom. The van der Waals surface area contributed by atoms with Crippen molar-refractivity contribution in [3.05, 3.63) is 48.6 Å². The molecule has 17 heteroatoms. The second-order valence-corrected chi connectivity index (χ2v) is 14.1. The smallest absolute Gasteiger partial charge is 0.445 e. The molecular formula is C25H31Cl6NO10. The number of aliphatic hydroxyl groups is 1. The molecule has 0 unspecified atom stereocenters. The summed E-state index contributed by atoms with van der Waals surface area (Å²) in [6.07, 6.45) is -6.69. The molecule has 1 heterocycles. The van der Waals surface area contributed by atoms with Crippen molar-refractivity contribution in [1.82, 2.24) is 5.32 Å². The Morgan fingerprint density at radius 3 is 2.36 bits per heavy atom. The fourth-order valence-corrected chi connectivity index (χ4v) is 3.62. The molecular weight excluding hydrogens is 687 g/mol. The van der Waals surface area contributed by atoms with Crippen molar-refractivity contribution < 1.29 is 47.9 Å². The Morgan fingerprint density at radius 2 is 1.76 bits per heavy atom. The lowest BCUT2D eigenvalue weighted by atomic mass is 9.96. The normalized spacial score (nSPS) is 23.1. The van der Waals surface area contributed by atoms with Gasteiger partial charge < -0.3 is 43.6 Å². The number of halogens is 6. The summed E-state index contributed by atoms with van der Waals surface area (Å²) < 4.78 is 34.1. The molecule has 2 N–H and O–H groups in total. The zero-order chi connectivity index (χ0) is 31.6. The van der Waals surface area contributed by atoms with Crippen molar-refractivity contribution in [2.75, 3.05) is 26.6 Å². The zero-order valence-electron chi connectivity index (χ0n) is 22.5. The highest BCUT2D eigenvalue weighted by molar-refractivity contribution is 6.68. The van der Waals surface area contributed by atoms with Crippen LogP contribution in [0.15, 0.2) is 43.0 Å². The van der Waals surface area contributed by atoms with E-state index < -0.39 is 62.7 Å². The number of hydrogen-bond donors (Lipinski definition) is 2. The minimum Gasteiger partial charge on any atom is -0.445 e. The maximum Gasteiger partial charge on any atom is 0.509 e. The number of benzene rings is 1. The molecule has 1 aromatic rings. The minimum atomic E-state index is -2.04. The fourth-order valence-electron chi connectivity index (χ4n) is 3.34. The van der Waals surface area contributed by atoms with E-state index in [1.165, 1.54) is 19.9 Å². The average molecular weight is 718 g/mol. The topological polar surface area (TPSA) is 131 Å². The number of ether oxygens (including phenoxy) is 7. The van der Waals surface area contributed by atoms with Crippen LogP contribution >= 0.6 is 69.6 Å². The molecule has 0 aliphatic carbocycles. The third-order valence-corrected chi connectivity index (χ3v) is 7.21. The van der Waals surface area contributed by atoms with Crippen molar-refractivity contribution in [2.45, 2.75) is 64.3 Å². The average Bonchev–Trinajstić information content (AvgIpc) is 2.89. The lowest BCUT2D eigenvalue weighted by Gasteiger charge is -2.44. The van der Waals surface area contributed by atoms with Gasteiger partial charge in [-0.2, -0.15) is 0 Å². The largest absolute Gasteiger partial charge is 0.509 e. The molecule has 1 aromatic carbocycles. The van der Waals surface area contributed by atoms with E-state index in [9.17, 15) is 14.7 Å². The van der Waals surface area contributed by atoms with E-state index in [1.807, 2.05) is 30.3 Å². The minimum absolute atomic E-state index is 0.0621. The van der Waals surface area contributed by atoms with Gasteiger partial charge in [0.1, 0.15) is 31.6 Å². The highest BCUT2D eigenvalue weighted by Gasteiger charge is 2.51. The van der Waals surface area contributed by atoms with Crippen LogP contribution in [0.5, 0.6) is 0 Å². The number of amides is 1. The Kier molecular flexibility index (Phi) is 15.0. The van der Waals surface area contributed by atoms with Gasteiger partial charge in [0, 0.05) is 0 Å². The number of alkyl carbamates (subject to hydrolysis) is 1. The van der Waals surface area contributed by atoms with Crippen LogP contribution in [-0.2, 0) is 39.8 Å². The molecule has 0 bridgehead atoms. The summed E-state index contributed by atoms with van der Waals surface area (Å²) in [5.74, 6) is 0. The summed E-state index contributed by atoms with van der Waals surface area (Å²) in [4.78, 5) is 25.3. The standard InChI is InChI=1S/C25H31Cl6NO10/c1-4-10-38-20-17(32-21(34)39-13-24(26,27)28)19(41-22(35)42-23(2,3)25(29,30)31)18(33)16(40-20)12-37-14-36-11-15-8-6-5-7-9-15/h4-9,16-20,33H,1,10-14H2,2-3H3,(H,32,34)/t16-,17-,18-,19-,20+/m1/s1. The summed E-state index contributed by atoms with van der Waals surface area (Å²) in [7, 11) is 0. The predicted molar refractivity (Wildman–Crippen MR) is 157 cm³/mol. The van der Waals surface area contributed by atoms with E-state index in [0.717, 1.165) is 5.56 Å². The molecule has 1 aliphatic heterocycles. The molecule has 42 heavy (non-hydrogen) atoms. The van der Waals surface area contributed by atoms with Gasteiger partial charge in [-0.3, -0.25) is 0 Å². The van der Waals surface area contributed by atoms with Crippen LogP contribution in [0.3, 0.4) is 0 Å². The molecule has 0 radical (unpaired) electrons. The van der Waals surface area contributed by atoms with Gasteiger partial charge in [0.05, 0.1) is 19.8 Å². The molecule has 1 aliphatic rings. The molecule has 1 saturated heterocycles. The van der Waals surface area contributed by atoms with Gasteiger partial charge in [-0.15, -0.1) is 6.58 Å². The Balaban J connectivity index is 2.20. The van der Waals surface area contributed by atoms with Gasteiger partial charge in [0.2, 0.25) is 7.59 Å². The second kappa shape index (κ2) is 16.9. The number of nitrogens with one attached hydrogen (secondary N) is 1. The summed E-state index contributed by atoms with van der Waals surface area (Å²) in [5.41, 5.74) is -0.734. The first kappa shape index (κ1) is 37.2. The van der Waals surface area contributed by atoms with Gasteiger partial charge in [-0.05, 0) is 19.4 Å². The molecule has 0 saturated carbocycles. The molecule has 1 amide bonds. The van der Waals surface area contributed by atoms with Crippen molar-refractivity contribution in [2.24, 2.45) is 0 Å². The second-order valence-electron chi connectivity index (χ2n) is 9.28. The maximum atomic E-state index is 12.8. The quantitative estimate of drug-likeness (QED) is 0.0874. The Labute approximate surface area is 273 Å². The molecule has 0 aromatic heterocycles. The van der Waals surface area contributed by atoms with E-state index in [0.29, 0.717) is 0 Å².